The number of rotatable bonds is 3. The van der Waals surface area contributed by atoms with Gasteiger partial charge in [0.25, 0.3) is 0 Å². The number of hydrogen-bond donors (Lipinski definition) is 0. The second-order valence-electron chi connectivity index (χ2n) is 8.86. The molecule has 0 aromatic heterocycles. The predicted molar refractivity (Wildman–Crippen MR) is 127 cm³/mol. The minimum atomic E-state index is -0.597. The van der Waals surface area contributed by atoms with E-state index in [1.165, 1.54) is 49.4 Å². The first-order valence-electron chi connectivity index (χ1n) is 11.3. The number of aryl methyl sites for hydroxylation is 1. The Hall–Kier alpha value is -3.46. The lowest BCUT2D eigenvalue weighted by atomic mass is 9.70. The van der Waals surface area contributed by atoms with Crippen LogP contribution in [0.2, 0.25) is 0 Å². The van der Waals surface area contributed by atoms with Gasteiger partial charge in [-0.05, 0) is 68.3 Å². The van der Waals surface area contributed by atoms with Crippen LogP contribution in [0, 0.1) is 0 Å². The lowest BCUT2D eigenvalue weighted by molar-refractivity contribution is -0.398. The third-order valence-electron chi connectivity index (χ3n) is 7.25. The van der Waals surface area contributed by atoms with Crippen molar-refractivity contribution in [3.63, 3.8) is 0 Å². The van der Waals surface area contributed by atoms with E-state index in [1.54, 1.807) is 0 Å². The van der Waals surface area contributed by atoms with Crippen molar-refractivity contribution in [2.45, 2.75) is 24.5 Å². The Balaban J connectivity index is 1.42. The zero-order valence-corrected chi connectivity index (χ0v) is 17.6. The summed E-state index contributed by atoms with van der Waals surface area (Å²) in [6.45, 7) is 0. The third-order valence-corrected chi connectivity index (χ3v) is 7.25. The number of hydrogen-bond acceptors (Lipinski definition) is 2. The van der Waals surface area contributed by atoms with Gasteiger partial charge in [-0.15, -0.1) is 0 Å². The molecule has 5 aromatic rings. The van der Waals surface area contributed by atoms with Crippen molar-refractivity contribution in [3.05, 3.63) is 131 Å². The van der Waals surface area contributed by atoms with E-state index in [0.29, 0.717) is 0 Å². The summed E-state index contributed by atoms with van der Waals surface area (Å²) >= 11 is 0. The van der Waals surface area contributed by atoms with Crippen LogP contribution >= 0.6 is 0 Å². The van der Waals surface area contributed by atoms with Gasteiger partial charge in [-0.3, -0.25) is 0 Å². The number of benzene rings is 5. The third kappa shape index (κ3) is 2.42. The van der Waals surface area contributed by atoms with Crippen LogP contribution in [0.1, 0.15) is 40.3 Å². The van der Waals surface area contributed by atoms with E-state index < -0.39 is 5.60 Å². The summed E-state index contributed by atoms with van der Waals surface area (Å²) in [6, 6.07) is 36.9. The first kappa shape index (κ1) is 18.1. The maximum Gasteiger partial charge on any atom is 0.155 e. The van der Waals surface area contributed by atoms with Crippen LogP contribution in [0.4, 0.5) is 0 Å². The maximum atomic E-state index is 6.26. The molecule has 5 aromatic carbocycles. The molecule has 2 nitrogen and oxygen atoms in total. The molecule has 2 bridgehead atoms. The van der Waals surface area contributed by atoms with E-state index in [9.17, 15) is 0 Å². The molecular weight excluding hydrogens is 392 g/mol. The molecule has 0 fully saturated rings. The van der Waals surface area contributed by atoms with Gasteiger partial charge in [0.05, 0.1) is 0 Å². The van der Waals surface area contributed by atoms with Gasteiger partial charge in [0.1, 0.15) is 6.10 Å². The van der Waals surface area contributed by atoms with Crippen molar-refractivity contribution in [2.24, 2.45) is 0 Å². The van der Waals surface area contributed by atoms with Crippen molar-refractivity contribution in [1.29, 1.82) is 0 Å². The fraction of sp³-hybridized carbons (Fsp3) is 0.133. The van der Waals surface area contributed by atoms with Crippen molar-refractivity contribution >= 4 is 21.5 Å². The predicted octanol–water partition coefficient (Wildman–Crippen LogP) is 7.23. The van der Waals surface area contributed by atoms with Crippen LogP contribution in [0.3, 0.4) is 0 Å². The summed E-state index contributed by atoms with van der Waals surface area (Å²) in [5, 5.41) is 5.19. The largest absolute Gasteiger partial charge is 0.222 e. The highest BCUT2D eigenvalue weighted by molar-refractivity contribution is 6.02. The Morgan fingerprint density at radius 3 is 1.78 bits per heavy atom. The molecule has 0 spiro atoms. The summed E-state index contributed by atoms with van der Waals surface area (Å²) < 4.78 is 0. The Labute approximate surface area is 187 Å². The van der Waals surface area contributed by atoms with Gasteiger partial charge in [-0.25, -0.2) is 9.78 Å². The Bertz CT molecular complexity index is 1400. The standard InChI is InChI=1S/C30H22O2/c1-3-11-22-20(9-1)19-21-10-2-4-12-23(21)24(22)17-18-30-27-15-7-5-13-25(27)29(31-32-30)26-14-6-8-16-28(26)30/h1-16,19,29H,17-18H2. The summed E-state index contributed by atoms with van der Waals surface area (Å²) in [4.78, 5) is 12.3. The van der Waals surface area contributed by atoms with E-state index in [1.807, 2.05) is 0 Å². The molecule has 1 aliphatic carbocycles. The second kappa shape index (κ2) is 6.77. The number of fused-ring (bicyclic) bond motifs is 3. The van der Waals surface area contributed by atoms with Gasteiger partial charge >= 0.3 is 0 Å². The molecule has 0 saturated heterocycles. The van der Waals surface area contributed by atoms with Crippen LogP contribution in [0.25, 0.3) is 21.5 Å². The van der Waals surface area contributed by atoms with Gasteiger partial charge in [0, 0.05) is 0 Å². The molecule has 0 saturated carbocycles. The van der Waals surface area contributed by atoms with E-state index in [-0.39, 0.29) is 6.10 Å². The molecule has 2 heteroatoms. The fourth-order valence-corrected chi connectivity index (χ4v) is 5.81. The van der Waals surface area contributed by atoms with E-state index in [2.05, 4.69) is 103 Å². The highest BCUT2D eigenvalue weighted by Crippen LogP contribution is 2.55. The molecule has 0 unspecified atom stereocenters. The quantitative estimate of drug-likeness (QED) is 0.229. The van der Waals surface area contributed by atoms with E-state index >= 15 is 0 Å². The van der Waals surface area contributed by atoms with E-state index in [4.69, 9.17) is 9.78 Å². The van der Waals surface area contributed by atoms with Crippen LogP contribution in [0.15, 0.2) is 103 Å². The molecule has 154 valence electrons. The van der Waals surface area contributed by atoms with Gasteiger partial charge in [0.2, 0.25) is 0 Å². The molecule has 0 amide bonds. The fourth-order valence-electron chi connectivity index (χ4n) is 5.81. The summed E-state index contributed by atoms with van der Waals surface area (Å²) in [5.41, 5.74) is 5.69. The highest BCUT2D eigenvalue weighted by Gasteiger charge is 2.51. The van der Waals surface area contributed by atoms with Crippen molar-refractivity contribution in [3.8, 4) is 0 Å². The average Bonchev–Trinajstić information content (AvgIpc) is 2.87. The van der Waals surface area contributed by atoms with Gasteiger partial charge < -0.3 is 0 Å². The zero-order valence-electron chi connectivity index (χ0n) is 17.6. The molecule has 0 atom stereocenters. The highest BCUT2D eigenvalue weighted by atomic mass is 17.2. The molecule has 0 radical (unpaired) electrons. The van der Waals surface area contributed by atoms with Crippen molar-refractivity contribution in [2.75, 3.05) is 0 Å². The minimum absolute atomic E-state index is 0.150. The Kier molecular flexibility index (Phi) is 3.84. The molecule has 32 heavy (non-hydrogen) atoms. The molecule has 3 aliphatic rings. The average molecular weight is 415 g/mol. The maximum absolute atomic E-state index is 6.26. The summed E-state index contributed by atoms with van der Waals surface area (Å²) in [5.74, 6) is 0. The Morgan fingerprint density at radius 1 is 0.625 bits per heavy atom. The lowest BCUT2D eigenvalue weighted by Crippen LogP contribution is -2.43. The van der Waals surface area contributed by atoms with Crippen LogP contribution in [-0.4, -0.2) is 0 Å². The van der Waals surface area contributed by atoms with Gasteiger partial charge in [0.15, 0.2) is 5.60 Å². The molecular formula is C30H22O2. The SMILES string of the molecule is c1ccc2c(c1)C1OOC2(CCc2c3ccccc3cc3ccccc23)c2ccccc21. The van der Waals surface area contributed by atoms with Crippen molar-refractivity contribution in [1.82, 2.24) is 0 Å². The van der Waals surface area contributed by atoms with Crippen LogP contribution < -0.4 is 0 Å². The first-order valence-corrected chi connectivity index (χ1v) is 11.3. The normalized spacial score (nSPS) is 20.9. The zero-order chi connectivity index (χ0) is 21.1. The van der Waals surface area contributed by atoms with E-state index in [0.717, 1.165) is 12.8 Å². The minimum Gasteiger partial charge on any atom is -0.222 e. The van der Waals surface area contributed by atoms with Crippen molar-refractivity contribution < 1.29 is 9.78 Å². The first-order chi connectivity index (χ1) is 15.9. The molecule has 2 aliphatic heterocycles. The van der Waals surface area contributed by atoms with Gasteiger partial charge in [-0.1, -0.05) is 97.1 Å². The molecule has 0 N–H and O–H groups in total. The Morgan fingerprint density at radius 2 is 1.16 bits per heavy atom. The molecule has 2 heterocycles. The second-order valence-corrected chi connectivity index (χ2v) is 8.86. The molecule has 8 rings (SSSR count). The van der Waals surface area contributed by atoms with Crippen LogP contribution in [0.5, 0.6) is 0 Å². The van der Waals surface area contributed by atoms with Crippen LogP contribution in [-0.2, 0) is 21.8 Å². The topological polar surface area (TPSA) is 18.5 Å². The summed E-state index contributed by atoms with van der Waals surface area (Å²) in [7, 11) is 0. The monoisotopic (exact) mass is 414 g/mol. The lowest BCUT2D eigenvalue weighted by Gasteiger charge is -2.47. The van der Waals surface area contributed by atoms with Gasteiger partial charge in [-0.2, -0.15) is 0 Å². The summed E-state index contributed by atoms with van der Waals surface area (Å²) in [6.07, 6.45) is 1.55. The smallest absolute Gasteiger partial charge is 0.155 e.